The largest absolute Gasteiger partial charge is 0.341 e. The normalized spacial score (nSPS) is 22.3. The Balaban J connectivity index is 1.18. The number of rotatable bonds is 2. The summed E-state index contributed by atoms with van der Waals surface area (Å²) >= 11 is 0. The van der Waals surface area contributed by atoms with Gasteiger partial charge in [-0.2, -0.15) is 0 Å². The van der Waals surface area contributed by atoms with Crippen LogP contribution in [0.3, 0.4) is 0 Å². The standard InChI is InChI=1S/C29H28N6/c1-17-4-11-25(31-17)29-33-23-13-9-20-15-18(7-10-21(20)27(23)35-29)5-6-19-8-12-22-26(16-19)34-28(32-22)24-3-2-14-30-24/h7-10,12-13,15-17,24-25,30-31H,2-4,11,14H2,1H3,(H,32,34)(H,33,35)/t17-,24-,25-/m0/s1. The van der Waals surface area contributed by atoms with Crippen LogP contribution >= 0.6 is 0 Å². The summed E-state index contributed by atoms with van der Waals surface area (Å²) in [7, 11) is 0. The number of hydrogen-bond donors (Lipinski definition) is 4. The highest BCUT2D eigenvalue weighted by atomic mass is 15.1. The van der Waals surface area contributed by atoms with Crippen LogP contribution in [0.4, 0.5) is 0 Å². The average molecular weight is 461 g/mol. The Kier molecular flexibility index (Phi) is 4.86. The van der Waals surface area contributed by atoms with Gasteiger partial charge in [0, 0.05) is 22.6 Å². The first-order valence-corrected chi connectivity index (χ1v) is 12.6. The zero-order chi connectivity index (χ0) is 23.4. The second kappa shape index (κ2) is 8.23. The summed E-state index contributed by atoms with van der Waals surface area (Å²) in [6.07, 6.45) is 4.66. The maximum absolute atomic E-state index is 4.87. The SMILES string of the molecule is C[C@H]1CC[C@@H](c2nc3ccc4cc(C#Cc5ccc6nc([C@@H]7CCCN7)[nH]c6c5)ccc4c3[nH]2)N1. The molecule has 35 heavy (non-hydrogen) atoms. The second-order valence-electron chi connectivity index (χ2n) is 9.97. The Bertz CT molecular complexity index is 1630. The van der Waals surface area contributed by atoms with Crippen molar-refractivity contribution in [2.75, 3.05) is 6.54 Å². The van der Waals surface area contributed by atoms with Crippen LogP contribution < -0.4 is 10.6 Å². The molecule has 6 nitrogen and oxygen atoms in total. The summed E-state index contributed by atoms with van der Waals surface area (Å²) < 4.78 is 0. The van der Waals surface area contributed by atoms with Crippen molar-refractivity contribution >= 4 is 32.8 Å². The fraction of sp³-hybridized carbons (Fsp3) is 0.310. The molecule has 2 saturated heterocycles. The lowest BCUT2D eigenvalue weighted by molar-refractivity contribution is 0.565. The Morgan fingerprint density at radius 1 is 0.800 bits per heavy atom. The predicted octanol–water partition coefficient (Wildman–Crippen LogP) is 5.23. The fourth-order valence-corrected chi connectivity index (χ4v) is 5.55. The van der Waals surface area contributed by atoms with E-state index < -0.39 is 0 Å². The zero-order valence-corrected chi connectivity index (χ0v) is 19.8. The number of aromatic nitrogens is 4. The molecule has 0 radical (unpaired) electrons. The number of hydrogen-bond acceptors (Lipinski definition) is 4. The van der Waals surface area contributed by atoms with Crippen LogP contribution in [0.1, 0.15) is 67.5 Å². The first kappa shape index (κ1) is 20.7. The Hall–Kier alpha value is -3.66. The maximum atomic E-state index is 4.87. The minimum absolute atomic E-state index is 0.315. The monoisotopic (exact) mass is 460 g/mol. The van der Waals surface area contributed by atoms with Crippen molar-refractivity contribution < 1.29 is 0 Å². The van der Waals surface area contributed by atoms with E-state index in [2.05, 4.69) is 87.9 Å². The molecule has 3 aromatic carbocycles. The quantitative estimate of drug-likeness (QED) is 0.272. The Morgan fingerprint density at radius 3 is 2.43 bits per heavy atom. The van der Waals surface area contributed by atoms with Gasteiger partial charge in [-0.25, -0.2) is 9.97 Å². The van der Waals surface area contributed by atoms with E-state index in [1.807, 2.05) is 0 Å². The molecule has 2 aliphatic heterocycles. The highest BCUT2D eigenvalue weighted by Crippen LogP contribution is 2.30. The fourth-order valence-electron chi connectivity index (χ4n) is 5.55. The molecular weight excluding hydrogens is 432 g/mol. The Labute approximate surface area is 203 Å². The minimum atomic E-state index is 0.315. The van der Waals surface area contributed by atoms with Gasteiger partial charge in [0.05, 0.1) is 34.2 Å². The van der Waals surface area contributed by atoms with Crippen LogP contribution in [0, 0.1) is 11.8 Å². The third kappa shape index (κ3) is 3.78. The van der Waals surface area contributed by atoms with Crippen molar-refractivity contribution in [3.63, 3.8) is 0 Å². The van der Waals surface area contributed by atoms with E-state index in [9.17, 15) is 0 Å². The molecule has 0 spiro atoms. The van der Waals surface area contributed by atoms with Crippen molar-refractivity contribution in [3.05, 3.63) is 71.3 Å². The molecular formula is C29H28N6. The topological polar surface area (TPSA) is 81.4 Å². The molecule has 0 bridgehead atoms. The average Bonchev–Trinajstić information content (AvgIpc) is 3.67. The molecule has 5 aromatic rings. The molecule has 174 valence electrons. The number of H-pyrrole nitrogens is 2. The van der Waals surface area contributed by atoms with Gasteiger partial charge in [0.25, 0.3) is 0 Å². The number of nitrogens with zero attached hydrogens (tertiary/aromatic N) is 2. The summed E-state index contributed by atoms with van der Waals surface area (Å²) in [4.78, 5) is 16.7. The molecule has 0 unspecified atom stereocenters. The lowest BCUT2D eigenvalue weighted by Crippen LogP contribution is -2.21. The lowest BCUT2D eigenvalue weighted by atomic mass is 10.1. The molecule has 4 heterocycles. The summed E-state index contributed by atoms with van der Waals surface area (Å²) in [6, 6.07) is 18.1. The Morgan fingerprint density at radius 2 is 1.60 bits per heavy atom. The van der Waals surface area contributed by atoms with E-state index in [-0.39, 0.29) is 0 Å². The highest BCUT2D eigenvalue weighted by Gasteiger charge is 2.24. The molecule has 4 N–H and O–H groups in total. The molecule has 2 aromatic heterocycles. The van der Waals surface area contributed by atoms with Gasteiger partial charge in [-0.1, -0.05) is 24.0 Å². The van der Waals surface area contributed by atoms with Gasteiger partial charge in [0.15, 0.2) is 0 Å². The van der Waals surface area contributed by atoms with Crippen LogP contribution in [0.5, 0.6) is 0 Å². The molecule has 0 saturated carbocycles. The van der Waals surface area contributed by atoms with E-state index >= 15 is 0 Å². The molecule has 2 aliphatic rings. The number of aromatic amines is 2. The molecule has 2 fully saturated rings. The lowest BCUT2D eigenvalue weighted by Gasteiger charge is -2.07. The number of imidazole rings is 2. The van der Waals surface area contributed by atoms with Gasteiger partial charge in [-0.05, 0) is 80.9 Å². The van der Waals surface area contributed by atoms with Crippen molar-refractivity contribution in [1.82, 2.24) is 30.6 Å². The van der Waals surface area contributed by atoms with Gasteiger partial charge in [-0.15, -0.1) is 0 Å². The molecule has 0 amide bonds. The molecule has 3 atom stereocenters. The van der Waals surface area contributed by atoms with E-state index in [0.717, 1.165) is 64.2 Å². The van der Waals surface area contributed by atoms with Crippen molar-refractivity contribution in [1.29, 1.82) is 0 Å². The summed E-state index contributed by atoms with van der Waals surface area (Å²) in [6.45, 7) is 3.30. The van der Waals surface area contributed by atoms with Gasteiger partial charge < -0.3 is 20.6 Å². The minimum Gasteiger partial charge on any atom is -0.341 e. The van der Waals surface area contributed by atoms with Gasteiger partial charge in [0.1, 0.15) is 11.6 Å². The van der Waals surface area contributed by atoms with E-state index in [1.165, 1.54) is 23.6 Å². The first-order valence-electron chi connectivity index (χ1n) is 12.6. The van der Waals surface area contributed by atoms with E-state index in [0.29, 0.717) is 18.1 Å². The summed E-state index contributed by atoms with van der Waals surface area (Å²) in [5.74, 6) is 8.76. The van der Waals surface area contributed by atoms with Crippen LogP contribution in [0.25, 0.3) is 32.8 Å². The van der Waals surface area contributed by atoms with E-state index in [1.54, 1.807) is 0 Å². The van der Waals surface area contributed by atoms with Crippen LogP contribution in [0.15, 0.2) is 48.5 Å². The van der Waals surface area contributed by atoms with Crippen molar-refractivity contribution in [2.24, 2.45) is 0 Å². The summed E-state index contributed by atoms with van der Waals surface area (Å²) in [5, 5.41) is 9.49. The van der Waals surface area contributed by atoms with Crippen LogP contribution in [0.2, 0.25) is 0 Å². The maximum Gasteiger partial charge on any atom is 0.124 e. The predicted molar refractivity (Wildman–Crippen MR) is 140 cm³/mol. The van der Waals surface area contributed by atoms with Crippen molar-refractivity contribution in [3.8, 4) is 11.8 Å². The number of fused-ring (bicyclic) bond motifs is 4. The van der Waals surface area contributed by atoms with Gasteiger partial charge in [0.2, 0.25) is 0 Å². The number of benzene rings is 3. The van der Waals surface area contributed by atoms with Gasteiger partial charge in [-0.3, -0.25) is 0 Å². The molecule has 6 heteroatoms. The third-order valence-corrected chi connectivity index (χ3v) is 7.44. The second-order valence-corrected chi connectivity index (χ2v) is 9.97. The third-order valence-electron chi connectivity index (χ3n) is 7.44. The van der Waals surface area contributed by atoms with Crippen LogP contribution in [-0.2, 0) is 0 Å². The highest BCUT2D eigenvalue weighted by molar-refractivity contribution is 6.04. The first-order chi connectivity index (χ1) is 17.2. The summed E-state index contributed by atoms with van der Waals surface area (Å²) in [5.41, 5.74) is 6.16. The zero-order valence-electron chi connectivity index (χ0n) is 19.8. The van der Waals surface area contributed by atoms with Crippen molar-refractivity contribution in [2.45, 2.75) is 50.7 Å². The molecule has 7 rings (SSSR count). The smallest absolute Gasteiger partial charge is 0.124 e. The molecule has 0 aliphatic carbocycles. The number of nitrogens with one attached hydrogen (secondary N) is 4. The van der Waals surface area contributed by atoms with E-state index in [4.69, 9.17) is 9.97 Å². The van der Waals surface area contributed by atoms with Gasteiger partial charge >= 0.3 is 0 Å². The van der Waals surface area contributed by atoms with Crippen LogP contribution in [-0.4, -0.2) is 32.5 Å².